The summed E-state index contributed by atoms with van der Waals surface area (Å²) in [7, 11) is 1.30. The Hall–Kier alpha value is -1.11. The van der Waals surface area contributed by atoms with Gasteiger partial charge in [-0.05, 0) is 30.5 Å². The maximum atomic E-state index is 11.5. The second-order valence-electron chi connectivity index (χ2n) is 4.24. The van der Waals surface area contributed by atoms with Crippen LogP contribution in [0.3, 0.4) is 0 Å². The molecule has 0 unspecified atom stereocenters. The molecule has 0 fully saturated rings. The third-order valence-electron chi connectivity index (χ3n) is 2.64. The van der Waals surface area contributed by atoms with Crippen LogP contribution in [0.25, 0.3) is 0 Å². The van der Waals surface area contributed by atoms with Crippen LogP contribution in [0.4, 0.5) is 0 Å². The van der Waals surface area contributed by atoms with Gasteiger partial charge in [0.1, 0.15) is 5.75 Å². The van der Waals surface area contributed by atoms with Gasteiger partial charge in [-0.15, -0.1) is 0 Å². The molecule has 0 saturated carbocycles. The lowest BCUT2D eigenvalue weighted by Crippen LogP contribution is -2.36. The summed E-state index contributed by atoms with van der Waals surface area (Å²) in [6.45, 7) is 2.35. The standard InChI is InChI=1S/C12H20N2O3S/c1-10-9-11(5-6-12(10)17-4)7-8-13-18(15,16)14(2)3/h5-6,9,13H,7-8H2,1-4H3. The minimum Gasteiger partial charge on any atom is -0.496 e. The van der Waals surface area contributed by atoms with Crippen molar-refractivity contribution in [3.05, 3.63) is 29.3 Å². The molecule has 0 radical (unpaired) electrons. The quantitative estimate of drug-likeness (QED) is 0.838. The van der Waals surface area contributed by atoms with Gasteiger partial charge < -0.3 is 4.74 Å². The van der Waals surface area contributed by atoms with Gasteiger partial charge in [-0.25, -0.2) is 4.72 Å². The van der Waals surface area contributed by atoms with Crippen LogP contribution in [0.15, 0.2) is 18.2 Å². The Kier molecular flexibility index (Phi) is 5.13. The first-order valence-corrected chi connectivity index (χ1v) is 7.11. The molecule has 5 nitrogen and oxygen atoms in total. The topological polar surface area (TPSA) is 58.6 Å². The summed E-state index contributed by atoms with van der Waals surface area (Å²) < 4.78 is 31.8. The molecule has 0 spiro atoms. The minimum absolute atomic E-state index is 0.381. The van der Waals surface area contributed by atoms with Gasteiger partial charge in [-0.2, -0.15) is 12.7 Å². The average molecular weight is 272 g/mol. The van der Waals surface area contributed by atoms with E-state index >= 15 is 0 Å². The van der Waals surface area contributed by atoms with Gasteiger partial charge >= 0.3 is 0 Å². The zero-order valence-corrected chi connectivity index (χ0v) is 12.0. The number of hydrogen-bond acceptors (Lipinski definition) is 3. The maximum Gasteiger partial charge on any atom is 0.278 e. The van der Waals surface area contributed by atoms with E-state index in [4.69, 9.17) is 4.74 Å². The van der Waals surface area contributed by atoms with Crippen LogP contribution in [0.1, 0.15) is 11.1 Å². The molecule has 0 aliphatic heterocycles. The molecule has 0 saturated heterocycles. The second kappa shape index (κ2) is 6.17. The molecule has 1 aromatic carbocycles. The van der Waals surface area contributed by atoms with Gasteiger partial charge in [-0.3, -0.25) is 0 Å². The molecule has 0 amide bonds. The Balaban J connectivity index is 2.57. The van der Waals surface area contributed by atoms with E-state index in [0.29, 0.717) is 13.0 Å². The van der Waals surface area contributed by atoms with Crippen LogP contribution in [-0.2, 0) is 16.6 Å². The Labute approximate surface area is 109 Å². The number of nitrogens with zero attached hydrogens (tertiary/aromatic N) is 1. The van der Waals surface area contributed by atoms with E-state index in [0.717, 1.165) is 21.2 Å². The highest BCUT2D eigenvalue weighted by Crippen LogP contribution is 2.18. The number of rotatable bonds is 6. The number of aryl methyl sites for hydroxylation is 1. The molecule has 18 heavy (non-hydrogen) atoms. The first-order chi connectivity index (χ1) is 8.36. The van der Waals surface area contributed by atoms with Crippen LogP contribution < -0.4 is 9.46 Å². The number of ether oxygens (including phenoxy) is 1. The van der Waals surface area contributed by atoms with Crippen molar-refractivity contribution in [2.45, 2.75) is 13.3 Å². The second-order valence-corrected chi connectivity index (χ2v) is 6.20. The molecule has 102 valence electrons. The zero-order chi connectivity index (χ0) is 13.8. The third-order valence-corrected chi connectivity index (χ3v) is 4.17. The predicted octanol–water partition coefficient (Wildman–Crippen LogP) is 0.942. The van der Waals surface area contributed by atoms with Crippen molar-refractivity contribution < 1.29 is 13.2 Å². The molecule has 0 bridgehead atoms. The molecule has 1 aromatic rings. The molecule has 0 heterocycles. The fourth-order valence-corrected chi connectivity index (χ4v) is 2.17. The number of methoxy groups -OCH3 is 1. The fourth-order valence-electron chi connectivity index (χ4n) is 1.55. The van der Waals surface area contributed by atoms with E-state index in [2.05, 4.69) is 4.72 Å². The van der Waals surface area contributed by atoms with Crippen LogP contribution in [0.2, 0.25) is 0 Å². The molecule has 0 aliphatic rings. The summed E-state index contributed by atoms with van der Waals surface area (Å²) in [6.07, 6.45) is 0.651. The van der Waals surface area contributed by atoms with E-state index in [1.807, 2.05) is 25.1 Å². The summed E-state index contributed by atoms with van der Waals surface area (Å²) >= 11 is 0. The van der Waals surface area contributed by atoms with Gasteiger partial charge in [0.05, 0.1) is 7.11 Å². The summed E-state index contributed by atoms with van der Waals surface area (Å²) in [5, 5.41) is 0. The Morgan fingerprint density at radius 3 is 2.50 bits per heavy atom. The summed E-state index contributed by atoms with van der Waals surface area (Å²) in [4.78, 5) is 0. The van der Waals surface area contributed by atoms with E-state index in [-0.39, 0.29) is 0 Å². The van der Waals surface area contributed by atoms with E-state index in [1.54, 1.807) is 7.11 Å². The molecule has 0 aliphatic carbocycles. The molecule has 1 rings (SSSR count). The van der Waals surface area contributed by atoms with Crippen LogP contribution in [0, 0.1) is 6.92 Å². The molecule has 6 heteroatoms. The van der Waals surface area contributed by atoms with E-state index in [9.17, 15) is 8.42 Å². The van der Waals surface area contributed by atoms with Crippen molar-refractivity contribution in [2.24, 2.45) is 0 Å². The van der Waals surface area contributed by atoms with Crippen LogP contribution in [0.5, 0.6) is 5.75 Å². The van der Waals surface area contributed by atoms with Crippen molar-refractivity contribution in [1.82, 2.24) is 9.03 Å². The van der Waals surface area contributed by atoms with E-state index < -0.39 is 10.2 Å². The van der Waals surface area contributed by atoms with Crippen LogP contribution in [-0.4, -0.2) is 40.5 Å². The number of benzene rings is 1. The highest BCUT2D eigenvalue weighted by atomic mass is 32.2. The van der Waals surface area contributed by atoms with Crippen LogP contribution >= 0.6 is 0 Å². The van der Waals surface area contributed by atoms with Gasteiger partial charge in [0.15, 0.2) is 0 Å². The average Bonchev–Trinajstić information content (AvgIpc) is 2.29. The third kappa shape index (κ3) is 3.97. The smallest absolute Gasteiger partial charge is 0.278 e. The van der Waals surface area contributed by atoms with Gasteiger partial charge in [0.25, 0.3) is 10.2 Å². The lowest BCUT2D eigenvalue weighted by atomic mass is 10.1. The molecular weight excluding hydrogens is 252 g/mol. The maximum absolute atomic E-state index is 11.5. The lowest BCUT2D eigenvalue weighted by Gasteiger charge is -2.12. The predicted molar refractivity (Wildman–Crippen MR) is 72.0 cm³/mol. The first-order valence-electron chi connectivity index (χ1n) is 5.67. The lowest BCUT2D eigenvalue weighted by molar-refractivity contribution is 0.411. The first kappa shape index (κ1) is 14.9. The van der Waals surface area contributed by atoms with Crippen molar-refractivity contribution in [1.29, 1.82) is 0 Å². The largest absolute Gasteiger partial charge is 0.496 e. The molecule has 1 N–H and O–H groups in total. The summed E-state index contributed by atoms with van der Waals surface area (Å²) in [5.74, 6) is 0.840. The molecule has 0 atom stereocenters. The van der Waals surface area contributed by atoms with E-state index in [1.165, 1.54) is 14.1 Å². The normalized spacial score (nSPS) is 11.8. The highest BCUT2D eigenvalue weighted by molar-refractivity contribution is 7.87. The monoisotopic (exact) mass is 272 g/mol. The number of nitrogens with one attached hydrogen (secondary N) is 1. The van der Waals surface area contributed by atoms with Gasteiger partial charge in [0, 0.05) is 20.6 Å². The van der Waals surface area contributed by atoms with Crippen molar-refractivity contribution in [3.63, 3.8) is 0 Å². The molecular formula is C12H20N2O3S. The summed E-state index contributed by atoms with van der Waals surface area (Å²) in [6, 6.07) is 5.84. The Morgan fingerprint density at radius 1 is 1.33 bits per heavy atom. The van der Waals surface area contributed by atoms with Crippen molar-refractivity contribution >= 4 is 10.2 Å². The SMILES string of the molecule is COc1ccc(CCNS(=O)(=O)N(C)C)cc1C. The summed E-state index contributed by atoms with van der Waals surface area (Å²) in [5.41, 5.74) is 2.13. The Morgan fingerprint density at radius 2 is 2.00 bits per heavy atom. The van der Waals surface area contributed by atoms with Gasteiger partial charge in [-0.1, -0.05) is 12.1 Å². The molecule has 0 aromatic heterocycles. The highest BCUT2D eigenvalue weighted by Gasteiger charge is 2.11. The Bertz CT molecular complexity index is 498. The number of hydrogen-bond donors (Lipinski definition) is 1. The van der Waals surface area contributed by atoms with Crippen molar-refractivity contribution in [3.8, 4) is 5.75 Å². The zero-order valence-electron chi connectivity index (χ0n) is 11.2. The fraction of sp³-hybridized carbons (Fsp3) is 0.500. The van der Waals surface area contributed by atoms with Gasteiger partial charge in [0.2, 0.25) is 0 Å². The minimum atomic E-state index is -3.33. The van der Waals surface area contributed by atoms with Crippen molar-refractivity contribution in [2.75, 3.05) is 27.7 Å².